The van der Waals surface area contributed by atoms with Gasteiger partial charge in [0, 0.05) is 0 Å². The summed E-state index contributed by atoms with van der Waals surface area (Å²) in [5.74, 6) is 0. The van der Waals surface area contributed by atoms with E-state index < -0.39 is 0 Å². The van der Waals surface area contributed by atoms with Crippen LogP contribution in [0.1, 0.15) is 25.2 Å². The Kier molecular flexibility index (Phi) is 4.56. The average Bonchev–Trinajstić information content (AvgIpc) is 2.86. The second-order valence-corrected chi connectivity index (χ2v) is 4.66. The Balaban J connectivity index is 2.23. The van der Waals surface area contributed by atoms with Crippen molar-refractivity contribution in [2.24, 2.45) is 0 Å². The van der Waals surface area contributed by atoms with Crippen LogP contribution in [0.5, 0.6) is 0 Å². The van der Waals surface area contributed by atoms with Crippen LogP contribution >= 0.6 is 11.8 Å². The maximum absolute atomic E-state index is 4.49. The fourth-order valence-electron chi connectivity index (χ4n) is 1.55. The lowest BCUT2D eigenvalue weighted by Crippen LogP contribution is -2.05. The van der Waals surface area contributed by atoms with Crippen molar-refractivity contribution in [3.63, 3.8) is 0 Å². The molecule has 0 aromatic carbocycles. The molecule has 7 nitrogen and oxygen atoms in total. The van der Waals surface area contributed by atoms with E-state index in [4.69, 9.17) is 0 Å². The van der Waals surface area contributed by atoms with E-state index in [2.05, 4.69) is 44.2 Å². The minimum atomic E-state index is 0.552. The number of aromatic nitrogens is 7. The van der Waals surface area contributed by atoms with Crippen LogP contribution in [0.25, 0.3) is 0 Å². The SMILES string of the molecule is C=CCn1nnnc1Sc1nnc(CC)c(CC)n1. The molecule has 2 rings (SSSR count). The van der Waals surface area contributed by atoms with Crippen molar-refractivity contribution in [2.75, 3.05) is 0 Å². The Morgan fingerprint density at radius 3 is 2.63 bits per heavy atom. The molecule has 0 aliphatic carbocycles. The summed E-state index contributed by atoms with van der Waals surface area (Å²) in [5, 5.41) is 20.9. The molecule has 0 saturated carbocycles. The van der Waals surface area contributed by atoms with Gasteiger partial charge in [-0.1, -0.05) is 19.9 Å². The Morgan fingerprint density at radius 2 is 1.95 bits per heavy atom. The number of rotatable bonds is 6. The first-order valence-corrected chi connectivity index (χ1v) is 6.87. The Bertz CT molecular complexity index is 566. The van der Waals surface area contributed by atoms with Crippen LogP contribution in [-0.2, 0) is 19.4 Å². The first kappa shape index (κ1) is 13.6. The molecule has 0 aliphatic rings. The molecule has 0 spiro atoms. The van der Waals surface area contributed by atoms with Crippen LogP contribution in [0.15, 0.2) is 23.0 Å². The average molecular weight is 277 g/mol. The highest BCUT2D eigenvalue weighted by Gasteiger charge is 2.12. The highest BCUT2D eigenvalue weighted by Crippen LogP contribution is 2.21. The van der Waals surface area contributed by atoms with Crippen molar-refractivity contribution >= 4 is 11.8 Å². The summed E-state index contributed by atoms with van der Waals surface area (Å²) in [4.78, 5) is 4.49. The minimum absolute atomic E-state index is 0.552. The topological polar surface area (TPSA) is 82.3 Å². The quantitative estimate of drug-likeness (QED) is 0.736. The van der Waals surface area contributed by atoms with E-state index in [1.165, 1.54) is 11.8 Å². The van der Waals surface area contributed by atoms with Gasteiger partial charge in [0.2, 0.25) is 10.3 Å². The van der Waals surface area contributed by atoms with E-state index in [-0.39, 0.29) is 0 Å². The van der Waals surface area contributed by atoms with Gasteiger partial charge in [-0.25, -0.2) is 9.67 Å². The molecule has 100 valence electrons. The van der Waals surface area contributed by atoms with E-state index in [1.54, 1.807) is 10.8 Å². The summed E-state index contributed by atoms with van der Waals surface area (Å²) in [6, 6.07) is 0. The molecule has 0 N–H and O–H groups in total. The van der Waals surface area contributed by atoms with E-state index in [9.17, 15) is 0 Å². The smallest absolute Gasteiger partial charge is 0.217 e. The monoisotopic (exact) mass is 277 g/mol. The molecular formula is C11H15N7S. The van der Waals surface area contributed by atoms with Crippen LogP contribution < -0.4 is 0 Å². The van der Waals surface area contributed by atoms with Gasteiger partial charge in [-0.15, -0.1) is 16.8 Å². The first-order chi connectivity index (χ1) is 9.28. The second kappa shape index (κ2) is 6.37. The molecule has 0 unspecified atom stereocenters. The molecule has 0 saturated heterocycles. The lowest BCUT2D eigenvalue weighted by molar-refractivity contribution is 0.612. The van der Waals surface area contributed by atoms with E-state index in [1.807, 2.05) is 6.92 Å². The van der Waals surface area contributed by atoms with Gasteiger partial charge in [-0.2, -0.15) is 5.10 Å². The molecule has 2 aromatic rings. The number of nitrogens with zero attached hydrogens (tertiary/aromatic N) is 7. The van der Waals surface area contributed by atoms with Crippen molar-refractivity contribution in [3.8, 4) is 0 Å². The van der Waals surface area contributed by atoms with Crippen molar-refractivity contribution in [2.45, 2.75) is 43.5 Å². The van der Waals surface area contributed by atoms with Crippen LogP contribution in [-0.4, -0.2) is 35.4 Å². The fourth-order valence-corrected chi connectivity index (χ4v) is 2.25. The lowest BCUT2D eigenvalue weighted by atomic mass is 10.2. The number of allylic oxidation sites excluding steroid dienone is 1. The van der Waals surface area contributed by atoms with Crippen molar-refractivity contribution < 1.29 is 0 Å². The second-order valence-electron chi connectivity index (χ2n) is 3.73. The molecule has 0 amide bonds. The van der Waals surface area contributed by atoms with Crippen molar-refractivity contribution in [3.05, 3.63) is 24.0 Å². The Hall–Kier alpha value is -1.83. The summed E-state index contributed by atoms with van der Waals surface area (Å²) in [5.41, 5.74) is 1.92. The van der Waals surface area contributed by atoms with Crippen molar-refractivity contribution in [1.82, 2.24) is 35.4 Å². The molecule has 0 bridgehead atoms. The normalized spacial score (nSPS) is 10.6. The van der Waals surface area contributed by atoms with E-state index in [0.717, 1.165) is 24.2 Å². The van der Waals surface area contributed by atoms with E-state index >= 15 is 0 Å². The summed E-state index contributed by atoms with van der Waals surface area (Å²) in [6.07, 6.45) is 3.41. The van der Waals surface area contributed by atoms with Gasteiger partial charge in [0.1, 0.15) is 0 Å². The third-order valence-electron chi connectivity index (χ3n) is 2.47. The van der Waals surface area contributed by atoms with Gasteiger partial charge in [0.25, 0.3) is 0 Å². The third-order valence-corrected chi connectivity index (χ3v) is 3.30. The summed E-state index contributed by atoms with van der Waals surface area (Å²) >= 11 is 1.30. The van der Waals surface area contributed by atoms with Crippen LogP contribution in [0, 0.1) is 0 Å². The van der Waals surface area contributed by atoms with Gasteiger partial charge >= 0.3 is 0 Å². The zero-order valence-electron chi connectivity index (χ0n) is 10.9. The van der Waals surface area contributed by atoms with Gasteiger partial charge in [0.15, 0.2) is 0 Å². The molecule has 0 fully saturated rings. The zero-order chi connectivity index (χ0) is 13.7. The molecule has 2 heterocycles. The maximum atomic E-state index is 4.49. The third kappa shape index (κ3) is 3.14. The predicted octanol–water partition coefficient (Wildman–Crippen LogP) is 1.32. The van der Waals surface area contributed by atoms with Crippen LogP contribution in [0.4, 0.5) is 0 Å². The molecule has 0 atom stereocenters. The summed E-state index contributed by atoms with van der Waals surface area (Å²) in [6.45, 7) is 8.32. The van der Waals surface area contributed by atoms with Gasteiger partial charge in [-0.3, -0.25) is 0 Å². The minimum Gasteiger partial charge on any atom is -0.224 e. The molecule has 0 radical (unpaired) electrons. The van der Waals surface area contributed by atoms with Crippen molar-refractivity contribution in [1.29, 1.82) is 0 Å². The number of aryl methyl sites for hydroxylation is 2. The molecular weight excluding hydrogens is 262 g/mol. The number of hydrogen-bond donors (Lipinski definition) is 0. The van der Waals surface area contributed by atoms with Gasteiger partial charge < -0.3 is 0 Å². The molecule has 19 heavy (non-hydrogen) atoms. The van der Waals surface area contributed by atoms with Crippen LogP contribution in [0.2, 0.25) is 0 Å². The maximum Gasteiger partial charge on any atom is 0.217 e. The first-order valence-electron chi connectivity index (χ1n) is 6.05. The Morgan fingerprint density at radius 1 is 1.16 bits per heavy atom. The van der Waals surface area contributed by atoms with Crippen LogP contribution in [0.3, 0.4) is 0 Å². The Labute approximate surface area is 115 Å². The van der Waals surface area contributed by atoms with Gasteiger partial charge in [0.05, 0.1) is 17.9 Å². The standard InChI is InChI=1S/C11H15N7S/c1-4-7-18-11(15-16-17-18)19-10-12-8(5-2)9(6-3)13-14-10/h4H,1,5-7H2,2-3H3. The largest absolute Gasteiger partial charge is 0.224 e. The van der Waals surface area contributed by atoms with E-state index in [0.29, 0.717) is 16.9 Å². The number of tetrazole rings is 1. The summed E-state index contributed by atoms with van der Waals surface area (Å²) < 4.78 is 1.64. The number of hydrogen-bond acceptors (Lipinski definition) is 7. The zero-order valence-corrected chi connectivity index (χ0v) is 11.8. The fraction of sp³-hybridized carbons (Fsp3) is 0.455. The lowest BCUT2D eigenvalue weighted by Gasteiger charge is -2.04. The predicted molar refractivity (Wildman–Crippen MR) is 70.7 cm³/mol. The highest BCUT2D eigenvalue weighted by atomic mass is 32.2. The van der Waals surface area contributed by atoms with Gasteiger partial charge in [-0.05, 0) is 35.0 Å². The summed E-state index contributed by atoms with van der Waals surface area (Å²) in [7, 11) is 0. The molecule has 8 heteroatoms. The molecule has 2 aromatic heterocycles. The highest BCUT2D eigenvalue weighted by molar-refractivity contribution is 7.99. The molecule has 0 aliphatic heterocycles.